The van der Waals surface area contributed by atoms with Gasteiger partial charge in [-0.2, -0.15) is 0 Å². The minimum Gasteiger partial charge on any atom is -0.508 e. The fourth-order valence-corrected chi connectivity index (χ4v) is 2.03. The van der Waals surface area contributed by atoms with Gasteiger partial charge in [-0.05, 0) is 36.6 Å². The van der Waals surface area contributed by atoms with Crippen molar-refractivity contribution in [1.82, 2.24) is 5.32 Å². The predicted octanol–water partition coefficient (Wildman–Crippen LogP) is 2.64. The van der Waals surface area contributed by atoms with Gasteiger partial charge in [0.2, 0.25) is 5.91 Å². The van der Waals surface area contributed by atoms with Gasteiger partial charge in [0.1, 0.15) is 18.1 Å². The SMILES string of the molecule is O=C(CCc1ccccc1O)NCCCOCc1ccco1. The zero-order valence-corrected chi connectivity index (χ0v) is 12.5. The van der Waals surface area contributed by atoms with Crippen LogP contribution in [-0.2, 0) is 22.6 Å². The smallest absolute Gasteiger partial charge is 0.220 e. The second-order valence-electron chi connectivity index (χ2n) is 4.96. The van der Waals surface area contributed by atoms with E-state index in [2.05, 4.69) is 5.32 Å². The lowest BCUT2D eigenvalue weighted by molar-refractivity contribution is -0.121. The summed E-state index contributed by atoms with van der Waals surface area (Å²) in [5, 5.41) is 12.5. The molecule has 0 bridgehead atoms. The van der Waals surface area contributed by atoms with E-state index in [4.69, 9.17) is 9.15 Å². The van der Waals surface area contributed by atoms with Crippen LogP contribution in [0.3, 0.4) is 0 Å². The molecule has 0 spiro atoms. The van der Waals surface area contributed by atoms with Gasteiger partial charge < -0.3 is 19.6 Å². The van der Waals surface area contributed by atoms with Crippen molar-refractivity contribution in [3.63, 3.8) is 0 Å². The highest BCUT2D eigenvalue weighted by atomic mass is 16.5. The third-order valence-electron chi connectivity index (χ3n) is 3.23. The van der Waals surface area contributed by atoms with E-state index in [1.165, 1.54) is 0 Å². The lowest BCUT2D eigenvalue weighted by Crippen LogP contribution is -2.25. The third-order valence-corrected chi connectivity index (χ3v) is 3.23. The number of carbonyl (C=O) groups is 1. The first-order valence-corrected chi connectivity index (χ1v) is 7.39. The van der Waals surface area contributed by atoms with E-state index in [1.807, 2.05) is 24.3 Å². The van der Waals surface area contributed by atoms with Crippen molar-refractivity contribution in [3.05, 3.63) is 54.0 Å². The molecular formula is C17H21NO4. The molecule has 0 aliphatic heterocycles. The Hall–Kier alpha value is -2.27. The van der Waals surface area contributed by atoms with Gasteiger partial charge in [-0.1, -0.05) is 18.2 Å². The lowest BCUT2D eigenvalue weighted by atomic mass is 10.1. The van der Waals surface area contributed by atoms with Gasteiger partial charge in [0.05, 0.1) is 6.26 Å². The van der Waals surface area contributed by atoms with E-state index < -0.39 is 0 Å². The Bertz CT molecular complexity index is 566. The molecular weight excluding hydrogens is 282 g/mol. The minimum atomic E-state index is -0.0192. The monoisotopic (exact) mass is 303 g/mol. The molecule has 0 aliphatic rings. The van der Waals surface area contributed by atoms with Crippen LogP contribution in [-0.4, -0.2) is 24.2 Å². The van der Waals surface area contributed by atoms with Crippen molar-refractivity contribution >= 4 is 5.91 Å². The molecule has 5 heteroatoms. The highest BCUT2D eigenvalue weighted by Crippen LogP contribution is 2.16. The summed E-state index contributed by atoms with van der Waals surface area (Å²) in [6, 6.07) is 10.8. The predicted molar refractivity (Wildman–Crippen MR) is 82.4 cm³/mol. The Kier molecular flexibility index (Phi) is 6.51. The van der Waals surface area contributed by atoms with Gasteiger partial charge in [-0.25, -0.2) is 0 Å². The number of phenols is 1. The number of para-hydroxylation sites is 1. The molecule has 0 radical (unpaired) electrons. The van der Waals surface area contributed by atoms with Gasteiger partial charge in [-0.15, -0.1) is 0 Å². The van der Waals surface area contributed by atoms with Gasteiger partial charge in [0, 0.05) is 19.6 Å². The minimum absolute atomic E-state index is 0.0192. The van der Waals surface area contributed by atoms with Gasteiger partial charge in [-0.3, -0.25) is 4.79 Å². The van der Waals surface area contributed by atoms with Crippen molar-refractivity contribution in [2.45, 2.75) is 25.9 Å². The highest BCUT2D eigenvalue weighted by molar-refractivity contribution is 5.76. The highest BCUT2D eigenvalue weighted by Gasteiger charge is 2.04. The van der Waals surface area contributed by atoms with Crippen LogP contribution in [0.2, 0.25) is 0 Å². The van der Waals surface area contributed by atoms with Crippen molar-refractivity contribution in [2.75, 3.05) is 13.2 Å². The topological polar surface area (TPSA) is 71.7 Å². The Balaban J connectivity index is 1.52. The molecule has 0 atom stereocenters. The zero-order valence-electron chi connectivity index (χ0n) is 12.5. The maximum absolute atomic E-state index is 11.7. The molecule has 0 fully saturated rings. The fraction of sp³-hybridized carbons (Fsp3) is 0.353. The molecule has 1 aromatic carbocycles. The van der Waals surface area contributed by atoms with E-state index in [-0.39, 0.29) is 11.7 Å². The normalized spacial score (nSPS) is 10.5. The summed E-state index contributed by atoms with van der Waals surface area (Å²) < 4.78 is 10.6. The van der Waals surface area contributed by atoms with E-state index in [0.29, 0.717) is 32.6 Å². The second kappa shape index (κ2) is 8.89. The van der Waals surface area contributed by atoms with Crippen molar-refractivity contribution < 1.29 is 19.1 Å². The average Bonchev–Trinajstić information content (AvgIpc) is 3.03. The number of hydrogen-bond acceptors (Lipinski definition) is 4. The van der Waals surface area contributed by atoms with Crippen molar-refractivity contribution in [2.24, 2.45) is 0 Å². The zero-order chi connectivity index (χ0) is 15.6. The quantitative estimate of drug-likeness (QED) is 0.699. The number of ether oxygens (including phenoxy) is 1. The number of hydrogen-bond donors (Lipinski definition) is 2. The number of furan rings is 1. The van der Waals surface area contributed by atoms with Crippen LogP contribution in [0.5, 0.6) is 5.75 Å². The summed E-state index contributed by atoms with van der Waals surface area (Å²) in [5.41, 5.74) is 0.791. The Labute approximate surface area is 129 Å². The average molecular weight is 303 g/mol. The third kappa shape index (κ3) is 5.61. The summed E-state index contributed by atoms with van der Waals surface area (Å²) in [4.78, 5) is 11.7. The van der Waals surface area contributed by atoms with Crippen LogP contribution in [0.1, 0.15) is 24.2 Å². The van der Waals surface area contributed by atoms with Crippen molar-refractivity contribution in [1.29, 1.82) is 0 Å². The summed E-state index contributed by atoms with van der Waals surface area (Å²) >= 11 is 0. The molecule has 0 unspecified atom stereocenters. The fourth-order valence-electron chi connectivity index (χ4n) is 2.03. The molecule has 0 saturated carbocycles. The molecule has 1 heterocycles. The summed E-state index contributed by atoms with van der Waals surface area (Å²) in [6.45, 7) is 1.60. The lowest BCUT2D eigenvalue weighted by Gasteiger charge is -2.06. The van der Waals surface area contributed by atoms with Crippen LogP contribution in [0.15, 0.2) is 47.1 Å². The number of nitrogens with one attached hydrogen (secondary N) is 1. The van der Waals surface area contributed by atoms with Crippen LogP contribution < -0.4 is 5.32 Å². The van der Waals surface area contributed by atoms with E-state index >= 15 is 0 Å². The van der Waals surface area contributed by atoms with E-state index in [1.54, 1.807) is 18.4 Å². The van der Waals surface area contributed by atoms with Crippen LogP contribution in [0.25, 0.3) is 0 Å². The maximum Gasteiger partial charge on any atom is 0.220 e. The molecule has 22 heavy (non-hydrogen) atoms. The first-order valence-electron chi connectivity index (χ1n) is 7.39. The number of aryl methyl sites for hydroxylation is 1. The Morgan fingerprint density at radius 3 is 2.86 bits per heavy atom. The van der Waals surface area contributed by atoms with E-state index in [9.17, 15) is 9.90 Å². The molecule has 2 rings (SSSR count). The van der Waals surface area contributed by atoms with Crippen LogP contribution >= 0.6 is 0 Å². The number of carbonyl (C=O) groups excluding carboxylic acids is 1. The summed E-state index contributed by atoms with van der Waals surface area (Å²) in [7, 11) is 0. The number of phenolic OH excluding ortho intramolecular Hbond substituents is 1. The molecule has 1 aromatic heterocycles. The van der Waals surface area contributed by atoms with Gasteiger partial charge in [0.15, 0.2) is 0 Å². The number of rotatable bonds is 9. The Morgan fingerprint density at radius 1 is 1.23 bits per heavy atom. The molecule has 0 aliphatic carbocycles. The van der Waals surface area contributed by atoms with Gasteiger partial charge >= 0.3 is 0 Å². The summed E-state index contributed by atoms with van der Waals surface area (Å²) in [5.74, 6) is 1.02. The first kappa shape index (κ1) is 16.1. The number of amides is 1. The standard InChI is InChI=1S/C17H21NO4/c19-16-7-2-1-5-14(16)8-9-17(20)18-10-4-11-21-13-15-6-3-12-22-15/h1-3,5-7,12,19H,4,8-11,13H2,(H,18,20). The summed E-state index contributed by atoms with van der Waals surface area (Å²) in [6.07, 6.45) is 3.27. The Morgan fingerprint density at radius 2 is 2.09 bits per heavy atom. The van der Waals surface area contributed by atoms with Crippen LogP contribution in [0, 0.1) is 0 Å². The number of benzene rings is 1. The second-order valence-corrected chi connectivity index (χ2v) is 4.96. The molecule has 1 amide bonds. The van der Waals surface area contributed by atoms with Crippen molar-refractivity contribution in [3.8, 4) is 5.75 Å². The van der Waals surface area contributed by atoms with Gasteiger partial charge in [0.25, 0.3) is 0 Å². The molecule has 5 nitrogen and oxygen atoms in total. The number of aromatic hydroxyl groups is 1. The largest absolute Gasteiger partial charge is 0.508 e. The molecule has 0 saturated heterocycles. The molecule has 118 valence electrons. The first-order chi connectivity index (χ1) is 10.8. The maximum atomic E-state index is 11.7. The molecule has 2 N–H and O–H groups in total. The molecule has 2 aromatic rings. The van der Waals surface area contributed by atoms with E-state index in [0.717, 1.165) is 17.7 Å². The van der Waals surface area contributed by atoms with Crippen LogP contribution in [0.4, 0.5) is 0 Å².